The van der Waals surface area contributed by atoms with E-state index in [1.54, 1.807) is 0 Å². The van der Waals surface area contributed by atoms with Gasteiger partial charge in [-0.2, -0.15) is 0 Å². The van der Waals surface area contributed by atoms with Crippen LogP contribution in [0.15, 0.2) is 0 Å². The quantitative estimate of drug-likeness (QED) is 0.688. The Morgan fingerprint density at radius 1 is 1.00 bits per heavy atom. The molecule has 1 fully saturated rings. The molecule has 1 rings (SSSR count). The van der Waals surface area contributed by atoms with Crippen molar-refractivity contribution in [2.24, 2.45) is 16.7 Å². The number of rotatable bonds is 7. The van der Waals surface area contributed by atoms with Gasteiger partial charge in [-0.15, -0.1) is 0 Å². The van der Waals surface area contributed by atoms with Crippen molar-refractivity contribution < 1.29 is 9.59 Å². The van der Waals surface area contributed by atoms with Crippen molar-refractivity contribution in [3.63, 3.8) is 0 Å². The van der Waals surface area contributed by atoms with E-state index < -0.39 is 0 Å². The van der Waals surface area contributed by atoms with Crippen LogP contribution in [0.1, 0.15) is 86.5 Å². The van der Waals surface area contributed by atoms with Gasteiger partial charge in [-0.1, -0.05) is 48.0 Å². The van der Waals surface area contributed by atoms with Gasteiger partial charge in [-0.05, 0) is 43.4 Å². The molecule has 2 amide bonds. The summed E-state index contributed by atoms with van der Waals surface area (Å²) >= 11 is 0. The van der Waals surface area contributed by atoms with Crippen molar-refractivity contribution in [1.29, 1.82) is 0 Å². The van der Waals surface area contributed by atoms with E-state index >= 15 is 0 Å². The Morgan fingerprint density at radius 3 is 2.08 bits per heavy atom. The molecule has 0 aromatic heterocycles. The smallest absolute Gasteiger partial charge is 0.225 e. The lowest BCUT2D eigenvalue weighted by Crippen LogP contribution is -2.40. The molecule has 0 aromatic rings. The Kier molecular flexibility index (Phi) is 7.75. The molecule has 0 aromatic carbocycles. The van der Waals surface area contributed by atoms with Crippen LogP contribution < -0.4 is 10.6 Å². The van der Waals surface area contributed by atoms with Crippen molar-refractivity contribution in [3.8, 4) is 0 Å². The molecule has 0 saturated heterocycles. The lowest BCUT2D eigenvalue weighted by Gasteiger charge is -2.39. The summed E-state index contributed by atoms with van der Waals surface area (Å²) in [6.07, 6.45) is 7.04. The van der Waals surface area contributed by atoms with E-state index in [1.807, 2.05) is 20.8 Å². The molecular weight excluding hydrogens is 300 g/mol. The zero-order chi connectivity index (χ0) is 18.4. The van der Waals surface area contributed by atoms with Crippen LogP contribution in [0.2, 0.25) is 0 Å². The molecule has 1 aliphatic carbocycles. The highest BCUT2D eigenvalue weighted by atomic mass is 16.2. The van der Waals surface area contributed by atoms with Crippen LogP contribution >= 0.6 is 0 Å². The Hall–Kier alpha value is -1.06. The third kappa shape index (κ3) is 6.82. The number of amides is 2. The molecule has 4 heteroatoms. The highest BCUT2D eigenvalue weighted by Crippen LogP contribution is 2.40. The fourth-order valence-corrected chi connectivity index (χ4v) is 3.32. The molecule has 0 heterocycles. The molecule has 4 nitrogen and oxygen atoms in total. The summed E-state index contributed by atoms with van der Waals surface area (Å²) in [5.41, 5.74) is 0.0490. The first-order valence-electron chi connectivity index (χ1n) is 9.64. The van der Waals surface area contributed by atoms with Crippen molar-refractivity contribution in [1.82, 2.24) is 10.6 Å². The van der Waals surface area contributed by atoms with Crippen molar-refractivity contribution in [2.45, 2.75) is 92.5 Å². The Labute approximate surface area is 148 Å². The molecule has 140 valence electrons. The lowest BCUT2D eigenvalue weighted by molar-refractivity contribution is -0.128. The fourth-order valence-electron chi connectivity index (χ4n) is 3.32. The average Bonchev–Trinajstić information content (AvgIpc) is 2.51. The van der Waals surface area contributed by atoms with Crippen LogP contribution in [0.3, 0.4) is 0 Å². The topological polar surface area (TPSA) is 58.2 Å². The first kappa shape index (κ1) is 21.0. The first-order chi connectivity index (χ1) is 11.1. The van der Waals surface area contributed by atoms with Gasteiger partial charge >= 0.3 is 0 Å². The number of hydrogen-bond acceptors (Lipinski definition) is 2. The number of carbonyl (C=O) groups excluding carboxylic acids is 2. The zero-order valence-corrected chi connectivity index (χ0v) is 16.6. The zero-order valence-electron chi connectivity index (χ0n) is 16.6. The van der Waals surface area contributed by atoms with Gasteiger partial charge in [-0.25, -0.2) is 0 Å². The van der Waals surface area contributed by atoms with E-state index in [0.29, 0.717) is 30.8 Å². The minimum atomic E-state index is -0.368. The molecular formula is C20H38N2O2. The third-order valence-electron chi connectivity index (χ3n) is 5.66. The molecule has 0 unspecified atom stereocenters. The standard InChI is InChI=1S/C20H38N2O2/c1-7-20(5,6)15-10-12-16(13-11-15)22-17(23)9-8-14-21-18(24)19(2,3)4/h15-16H,7-14H2,1-6H3,(H,21,24)(H,22,23). The lowest BCUT2D eigenvalue weighted by atomic mass is 9.69. The summed E-state index contributed by atoms with van der Waals surface area (Å²) in [6.45, 7) is 13.2. The van der Waals surface area contributed by atoms with Gasteiger partial charge in [-0.3, -0.25) is 9.59 Å². The van der Waals surface area contributed by atoms with Crippen LogP contribution in [0, 0.1) is 16.7 Å². The summed E-state index contributed by atoms with van der Waals surface area (Å²) in [4.78, 5) is 23.8. The van der Waals surface area contributed by atoms with Crippen LogP contribution in [-0.2, 0) is 9.59 Å². The minimum absolute atomic E-state index is 0.0415. The summed E-state index contributed by atoms with van der Waals surface area (Å²) in [6, 6.07) is 0.338. The Balaban J connectivity index is 2.20. The van der Waals surface area contributed by atoms with Crippen LogP contribution in [0.5, 0.6) is 0 Å². The Bertz CT molecular complexity index is 416. The predicted octanol–water partition coefficient (Wildman–Crippen LogP) is 4.04. The van der Waals surface area contributed by atoms with Crippen LogP contribution in [-0.4, -0.2) is 24.4 Å². The average molecular weight is 339 g/mol. The maximum atomic E-state index is 12.1. The highest BCUT2D eigenvalue weighted by molar-refractivity contribution is 5.81. The molecule has 2 N–H and O–H groups in total. The fraction of sp³-hybridized carbons (Fsp3) is 0.900. The summed E-state index contributed by atoms with van der Waals surface area (Å²) in [5.74, 6) is 0.946. The second-order valence-corrected chi connectivity index (χ2v) is 9.07. The van der Waals surface area contributed by atoms with E-state index in [4.69, 9.17) is 0 Å². The third-order valence-corrected chi connectivity index (χ3v) is 5.66. The summed E-state index contributed by atoms with van der Waals surface area (Å²) in [5, 5.41) is 6.07. The molecule has 0 spiro atoms. The predicted molar refractivity (Wildman–Crippen MR) is 99.7 cm³/mol. The van der Waals surface area contributed by atoms with E-state index in [-0.39, 0.29) is 17.2 Å². The maximum Gasteiger partial charge on any atom is 0.225 e. The van der Waals surface area contributed by atoms with Crippen molar-refractivity contribution in [3.05, 3.63) is 0 Å². The van der Waals surface area contributed by atoms with Crippen LogP contribution in [0.4, 0.5) is 0 Å². The first-order valence-corrected chi connectivity index (χ1v) is 9.64. The maximum absolute atomic E-state index is 12.1. The van der Waals surface area contributed by atoms with E-state index in [1.165, 1.54) is 19.3 Å². The minimum Gasteiger partial charge on any atom is -0.356 e. The Morgan fingerprint density at radius 2 is 1.58 bits per heavy atom. The molecule has 0 aliphatic heterocycles. The molecule has 24 heavy (non-hydrogen) atoms. The molecule has 0 atom stereocenters. The number of hydrogen-bond donors (Lipinski definition) is 2. The molecule has 0 bridgehead atoms. The normalized spacial score (nSPS) is 22.1. The summed E-state index contributed by atoms with van der Waals surface area (Å²) in [7, 11) is 0. The van der Waals surface area contributed by atoms with Gasteiger partial charge in [0, 0.05) is 24.4 Å². The van der Waals surface area contributed by atoms with Gasteiger partial charge in [0.1, 0.15) is 0 Å². The molecule has 1 aliphatic rings. The van der Waals surface area contributed by atoms with Gasteiger partial charge in [0.25, 0.3) is 0 Å². The van der Waals surface area contributed by atoms with Crippen LogP contribution in [0.25, 0.3) is 0 Å². The van der Waals surface area contributed by atoms with Gasteiger partial charge in [0.05, 0.1) is 0 Å². The van der Waals surface area contributed by atoms with E-state index in [2.05, 4.69) is 31.4 Å². The van der Waals surface area contributed by atoms with Crippen molar-refractivity contribution >= 4 is 11.8 Å². The second kappa shape index (κ2) is 8.87. The van der Waals surface area contributed by atoms with Gasteiger partial charge in [0.2, 0.25) is 11.8 Å². The van der Waals surface area contributed by atoms with Gasteiger partial charge < -0.3 is 10.6 Å². The monoisotopic (exact) mass is 338 g/mol. The largest absolute Gasteiger partial charge is 0.356 e. The second-order valence-electron chi connectivity index (χ2n) is 9.07. The van der Waals surface area contributed by atoms with E-state index in [9.17, 15) is 9.59 Å². The van der Waals surface area contributed by atoms with Gasteiger partial charge in [0.15, 0.2) is 0 Å². The highest BCUT2D eigenvalue weighted by Gasteiger charge is 2.32. The molecule has 1 saturated carbocycles. The number of carbonyl (C=O) groups is 2. The molecule has 0 radical (unpaired) electrons. The SMILES string of the molecule is CCC(C)(C)C1CCC(NC(=O)CCCNC(=O)C(C)(C)C)CC1. The summed E-state index contributed by atoms with van der Waals surface area (Å²) < 4.78 is 0. The van der Waals surface area contributed by atoms with E-state index in [0.717, 1.165) is 18.8 Å². The number of nitrogens with one attached hydrogen (secondary N) is 2. The van der Waals surface area contributed by atoms with Crippen molar-refractivity contribution in [2.75, 3.05) is 6.54 Å².